The van der Waals surface area contributed by atoms with Crippen LogP contribution in [-0.4, -0.2) is 60.9 Å². The maximum Gasteiger partial charge on any atom is 0.347 e. The first-order valence-electron chi connectivity index (χ1n) is 15.8. The number of aliphatic hydroxyl groups excluding tert-OH is 1. The maximum absolute atomic E-state index is 13.7. The first-order chi connectivity index (χ1) is 22.3. The van der Waals surface area contributed by atoms with Crippen molar-refractivity contribution in [3.63, 3.8) is 0 Å². The Kier molecular flexibility index (Phi) is 6.70. The maximum atomic E-state index is 13.7. The molecule has 8 nitrogen and oxygen atoms in total. The molecule has 4 aromatic carbocycles. The molecule has 1 unspecified atom stereocenters. The van der Waals surface area contributed by atoms with Gasteiger partial charge in [-0.1, -0.05) is 54.6 Å². The Hall–Kier alpha value is -4.66. The average molecular weight is 618 g/mol. The molecule has 234 valence electrons. The number of aliphatic hydroxyl groups is 1. The predicted octanol–water partition coefficient (Wildman–Crippen LogP) is 5.58. The molecule has 46 heavy (non-hydrogen) atoms. The van der Waals surface area contributed by atoms with Crippen LogP contribution in [0.3, 0.4) is 0 Å². The topological polar surface area (TPSA) is 94.5 Å². The lowest BCUT2D eigenvalue weighted by molar-refractivity contribution is -0.135. The van der Waals surface area contributed by atoms with Crippen LogP contribution >= 0.6 is 0 Å². The zero-order valence-electron chi connectivity index (χ0n) is 25.9. The van der Waals surface area contributed by atoms with Crippen molar-refractivity contribution in [3.8, 4) is 23.0 Å². The van der Waals surface area contributed by atoms with E-state index in [1.165, 1.54) is 5.56 Å². The van der Waals surface area contributed by atoms with Crippen molar-refractivity contribution in [2.75, 3.05) is 20.7 Å². The highest BCUT2D eigenvalue weighted by atomic mass is 16.6. The van der Waals surface area contributed by atoms with Crippen LogP contribution in [0.5, 0.6) is 23.0 Å². The van der Waals surface area contributed by atoms with Crippen LogP contribution in [0.1, 0.15) is 46.3 Å². The first kappa shape index (κ1) is 28.8. The van der Waals surface area contributed by atoms with E-state index in [0.29, 0.717) is 17.5 Å². The number of hydrogen-bond donors (Lipinski definition) is 1. The highest BCUT2D eigenvalue weighted by Crippen LogP contribution is 2.62. The molecule has 2 heterocycles. The van der Waals surface area contributed by atoms with Gasteiger partial charge in [0, 0.05) is 22.9 Å². The molecule has 1 N–H and O–H groups in total. The van der Waals surface area contributed by atoms with Crippen LogP contribution in [-0.2, 0) is 16.6 Å². The number of methoxy groups -OCH3 is 1. The first-order valence-corrected chi connectivity index (χ1v) is 15.8. The fourth-order valence-corrected chi connectivity index (χ4v) is 8.16. The standard InChI is InChI=1S/C38H35NO7/c1-21(22-8-9-24-19-26(43-3)12-10-23(24)18-22)36(41)44-31-7-5-4-6-27(31)37(42)45-32-15-11-25-20-29-28-13-14-30(40)35-38(28,16-17-39(29)2)33(25)34(32)46-35/h4-15,18-19,21,28-30,35,40H,16-17,20H2,1-3H3/t21?,28-,29+,30-,35-,38-/m0/s1. The highest BCUT2D eigenvalue weighted by Gasteiger charge is 2.64. The molecule has 8 rings (SSSR count). The van der Waals surface area contributed by atoms with Gasteiger partial charge in [-0.3, -0.25) is 4.79 Å². The number of para-hydroxylation sites is 1. The lowest BCUT2D eigenvalue weighted by atomic mass is 9.53. The Morgan fingerprint density at radius 3 is 2.63 bits per heavy atom. The number of likely N-dealkylation sites (N-methyl/N-ethyl adjacent to an activating group) is 1. The molecule has 2 aliphatic carbocycles. The lowest BCUT2D eigenvalue weighted by Gasteiger charge is -2.56. The number of likely N-dealkylation sites (tertiary alicyclic amines) is 1. The molecule has 4 aliphatic rings. The van der Waals surface area contributed by atoms with Gasteiger partial charge in [0.2, 0.25) is 0 Å². The average Bonchev–Trinajstić information content (AvgIpc) is 3.43. The van der Waals surface area contributed by atoms with Gasteiger partial charge >= 0.3 is 11.9 Å². The Morgan fingerprint density at radius 2 is 1.78 bits per heavy atom. The van der Waals surface area contributed by atoms with Crippen LogP contribution in [0, 0.1) is 5.92 Å². The van der Waals surface area contributed by atoms with Gasteiger partial charge in [0.1, 0.15) is 29.3 Å². The summed E-state index contributed by atoms with van der Waals surface area (Å²) in [6, 6.07) is 22.3. The van der Waals surface area contributed by atoms with Gasteiger partial charge in [-0.25, -0.2) is 4.79 Å². The molecule has 6 atom stereocenters. The van der Waals surface area contributed by atoms with E-state index in [1.807, 2.05) is 48.5 Å². The number of fused-ring (bicyclic) bond motifs is 1. The van der Waals surface area contributed by atoms with Gasteiger partial charge in [-0.15, -0.1) is 0 Å². The molecule has 0 saturated carbocycles. The second-order valence-corrected chi connectivity index (χ2v) is 12.9. The summed E-state index contributed by atoms with van der Waals surface area (Å²) < 4.78 is 23.7. The second kappa shape index (κ2) is 10.7. The van der Waals surface area contributed by atoms with Gasteiger partial charge in [0.15, 0.2) is 11.5 Å². The number of benzene rings is 4. The van der Waals surface area contributed by atoms with Crippen molar-refractivity contribution >= 4 is 22.7 Å². The van der Waals surface area contributed by atoms with Crippen molar-refractivity contribution in [2.24, 2.45) is 5.92 Å². The minimum atomic E-state index is -0.755. The molecular formula is C38H35NO7. The van der Waals surface area contributed by atoms with Crippen LogP contribution < -0.4 is 18.9 Å². The summed E-state index contributed by atoms with van der Waals surface area (Å²) in [5.41, 5.74) is 2.79. The number of hydrogen-bond acceptors (Lipinski definition) is 8. The molecule has 2 aliphatic heterocycles. The molecule has 2 bridgehead atoms. The number of piperidine rings is 1. The minimum Gasteiger partial charge on any atom is -0.497 e. The van der Waals surface area contributed by atoms with Crippen LogP contribution in [0.15, 0.2) is 84.9 Å². The molecular weight excluding hydrogens is 582 g/mol. The quantitative estimate of drug-likeness (QED) is 0.170. The zero-order valence-corrected chi connectivity index (χ0v) is 25.9. The predicted molar refractivity (Wildman–Crippen MR) is 172 cm³/mol. The van der Waals surface area contributed by atoms with Crippen molar-refractivity contribution in [3.05, 3.63) is 107 Å². The van der Waals surface area contributed by atoms with Gasteiger partial charge in [-0.05, 0) is 85.6 Å². The van der Waals surface area contributed by atoms with Gasteiger partial charge in [0.05, 0.1) is 13.0 Å². The summed E-state index contributed by atoms with van der Waals surface area (Å²) in [5.74, 6) is 0.189. The second-order valence-electron chi connectivity index (χ2n) is 12.9. The highest BCUT2D eigenvalue weighted by molar-refractivity contribution is 5.96. The van der Waals surface area contributed by atoms with Crippen molar-refractivity contribution in [1.29, 1.82) is 0 Å². The molecule has 1 saturated heterocycles. The fraction of sp³-hybridized carbons (Fsp3) is 0.316. The van der Waals surface area contributed by atoms with Gasteiger partial charge in [-0.2, -0.15) is 0 Å². The van der Waals surface area contributed by atoms with E-state index >= 15 is 0 Å². The van der Waals surface area contributed by atoms with Crippen molar-refractivity contribution in [2.45, 2.75) is 49.3 Å². The normalized spacial score (nSPS) is 26.2. The van der Waals surface area contributed by atoms with E-state index in [4.69, 9.17) is 18.9 Å². The SMILES string of the molecule is COc1ccc2cc(C(C)C(=O)Oc3ccccc3C(=O)Oc3ccc4c5c3O[C@H]3[C@@H](O)C=C[C@H]6[C@@H](C4)N(C)CC[C@@]563)ccc2c1. The van der Waals surface area contributed by atoms with E-state index in [9.17, 15) is 14.7 Å². The monoisotopic (exact) mass is 617 g/mol. The molecule has 0 aromatic heterocycles. The molecule has 0 amide bonds. The van der Waals surface area contributed by atoms with Crippen LogP contribution in [0.25, 0.3) is 10.8 Å². The zero-order chi connectivity index (χ0) is 31.7. The number of carbonyl (C=O) groups excluding carboxylic acids is 2. The summed E-state index contributed by atoms with van der Waals surface area (Å²) in [5, 5.41) is 13.0. The van der Waals surface area contributed by atoms with Gasteiger partial charge in [0.25, 0.3) is 0 Å². The van der Waals surface area contributed by atoms with E-state index < -0.39 is 30.1 Å². The number of carbonyl (C=O) groups is 2. The molecule has 8 heteroatoms. The number of nitrogens with zero attached hydrogens (tertiary/aromatic N) is 1. The van der Waals surface area contributed by atoms with Crippen molar-refractivity contribution < 1.29 is 33.6 Å². The largest absolute Gasteiger partial charge is 0.497 e. The summed E-state index contributed by atoms with van der Waals surface area (Å²) in [6.45, 7) is 2.68. The Balaban J connectivity index is 1.06. The third kappa shape index (κ3) is 4.27. The van der Waals surface area contributed by atoms with E-state index in [0.717, 1.165) is 47.0 Å². The van der Waals surface area contributed by atoms with E-state index in [1.54, 1.807) is 44.4 Å². The number of rotatable bonds is 6. The van der Waals surface area contributed by atoms with Crippen LogP contribution in [0.4, 0.5) is 0 Å². The summed E-state index contributed by atoms with van der Waals surface area (Å²) in [7, 11) is 3.79. The number of ether oxygens (including phenoxy) is 4. The lowest BCUT2D eigenvalue weighted by Crippen LogP contribution is -2.64. The smallest absolute Gasteiger partial charge is 0.347 e. The third-order valence-electron chi connectivity index (χ3n) is 10.6. The number of esters is 2. The van der Waals surface area contributed by atoms with Crippen LogP contribution in [0.2, 0.25) is 0 Å². The Morgan fingerprint density at radius 1 is 0.978 bits per heavy atom. The minimum absolute atomic E-state index is 0.121. The van der Waals surface area contributed by atoms with E-state index in [2.05, 4.69) is 18.0 Å². The Bertz CT molecular complexity index is 1930. The Labute approximate surface area is 267 Å². The molecule has 1 spiro atoms. The summed E-state index contributed by atoms with van der Waals surface area (Å²) >= 11 is 0. The van der Waals surface area contributed by atoms with E-state index in [-0.39, 0.29) is 22.6 Å². The molecule has 4 aromatic rings. The molecule has 0 radical (unpaired) electrons. The summed E-state index contributed by atoms with van der Waals surface area (Å²) in [4.78, 5) is 29.5. The van der Waals surface area contributed by atoms with Gasteiger partial charge < -0.3 is 29.0 Å². The summed E-state index contributed by atoms with van der Waals surface area (Å²) in [6.07, 6.45) is 4.51. The van der Waals surface area contributed by atoms with Crippen molar-refractivity contribution in [1.82, 2.24) is 4.90 Å². The fourth-order valence-electron chi connectivity index (χ4n) is 8.16. The molecule has 1 fully saturated rings. The third-order valence-corrected chi connectivity index (χ3v) is 10.6.